The highest BCUT2D eigenvalue weighted by Gasteiger charge is 2.37. The molecule has 3 heteroatoms. The molecule has 0 unspecified atom stereocenters. The van der Waals surface area contributed by atoms with Crippen LogP contribution in [-0.4, -0.2) is 21.8 Å². The van der Waals surface area contributed by atoms with E-state index in [1.807, 2.05) is 13.8 Å². The normalized spacial score (nSPS) is 34.9. The Balaban J connectivity index is 2.51. The number of aliphatic hydroxyl groups is 1. The van der Waals surface area contributed by atoms with Crippen molar-refractivity contribution < 1.29 is 15.0 Å². The van der Waals surface area contributed by atoms with Crippen molar-refractivity contribution >= 4 is 5.97 Å². The molecule has 0 bridgehead atoms. The molecular weight excluding hydrogens is 168 g/mol. The summed E-state index contributed by atoms with van der Waals surface area (Å²) in [4.78, 5) is 10.7. The standard InChI is InChI=1S/C10H18O3/c1-7(2)10(13)5-3-8(4-6-10)9(11)12/h7-8,13H,3-6H2,1-2H3,(H,11,12)/t8-,10+. The molecule has 1 aliphatic rings. The fourth-order valence-electron chi connectivity index (χ4n) is 1.94. The van der Waals surface area contributed by atoms with Crippen LogP contribution in [0.15, 0.2) is 0 Å². The maximum atomic E-state index is 10.7. The summed E-state index contributed by atoms with van der Waals surface area (Å²) in [6.07, 6.45) is 2.48. The molecule has 2 N–H and O–H groups in total. The molecule has 0 aromatic rings. The van der Waals surface area contributed by atoms with E-state index in [9.17, 15) is 9.90 Å². The van der Waals surface area contributed by atoms with Gasteiger partial charge in [-0.25, -0.2) is 0 Å². The van der Waals surface area contributed by atoms with Gasteiger partial charge in [0.25, 0.3) is 0 Å². The van der Waals surface area contributed by atoms with Crippen molar-refractivity contribution in [1.29, 1.82) is 0 Å². The molecule has 1 saturated carbocycles. The number of rotatable bonds is 2. The maximum Gasteiger partial charge on any atom is 0.306 e. The zero-order valence-corrected chi connectivity index (χ0v) is 8.29. The minimum atomic E-state index is -0.717. The van der Waals surface area contributed by atoms with Crippen molar-refractivity contribution in [3.05, 3.63) is 0 Å². The lowest BCUT2D eigenvalue weighted by atomic mass is 9.73. The number of hydrogen-bond acceptors (Lipinski definition) is 2. The molecule has 3 nitrogen and oxygen atoms in total. The summed E-state index contributed by atoms with van der Waals surface area (Å²) in [7, 11) is 0. The highest BCUT2D eigenvalue weighted by Crippen LogP contribution is 2.36. The molecular formula is C10H18O3. The highest BCUT2D eigenvalue weighted by molar-refractivity contribution is 5.70. The van der Waals surface area contributed by atoms with Gasteiger partial charge in [0.15, 0.2) is 0 Å². The molecule has 1 rings (SSSR count). The van der Waals surface area contributed by atoms with Crippen LogP contribution in [0.3, 0.4) is 0 Å². The SMILES string of the molecule is CC(C)[C@]1(O)CC[C@@H](C(=O)O)CC1. The fraction of sp³-hybridized carbons (Fsp3) is 0.900. The minimum absolute atomic E-state index is 0.224. The van der Waals surface area contributed by atoms with Crippen LogP contribution in [0.5, 0.6) is 0 Å². The van der Waals surface area contributed by atoms with E-state index in [2.05, 4.69) is 0 Å². The van der Waals surface area contributed by atoms with Crippen molar-refractivity contribution in [2.75, 3.05) is 0 Å². The molecule has 0 saturated heterocycles. The predicted octanol–water partition coefficient (Wildman–Crippen LogP) is 1.65. The molecule has 0 aromatic carbocycles. The smallest absolute Gasteiger partial charge is 0.306 e. The van der Waals surface area contributed by atoms with Gasteiger partial charge >= 0.3 is 5.97 Å². The molecule has 0 aromatic heterocycles. The van der Waals surface area contributed by atoms with Gasteiger partial charge in [0.2, 0.25) is 0 Å². The van der Waals surface area contributed by atoms with Crippen molar-refractivity contribution in [2.24, 2.45) is 11.8 Å². The molecule has 13 heavy (non-hydrogen) atoms. The van der Waals surface area contributed by atoms with Crippen LogP contribution < -0.4 is 0 Å². The summed E-state index contributed by atoms with van der Waals surface area (Å²) in [6.45, 7) is 3.97. The van der Waals surface area contributed by atoms with Crippen molar-refractivity contribution in [2.45, 2.75) is 45.1 Å². The molecule has 0 atom stereocenters. The lowest BCUT2D eigenvalue weighted by Crippen LogP contribution is -2.40. The lowest BCUT2D eigenvalue weighted by Gasteiger charge is -2.37. The molecule has 0 spiro atoms. The van der Waals surface area contributed by atoms with Gasteiger partial charge < -0.3 is 10.2 Å². The van der Waals surface area contributed by atoms with E-state index in [-0.39, 0.29) is 11.8 Å². The van der Waals surface area contributed by atoms with Gasteiger partial charge in [0, 0.05) is 0 Å². The Morgan fingerprint density at radius 1 is 1.38 bits per heavy atom. The fourth-order valence-corrected chi connectivity index (χ4v) is 1.94. The van der Waals surface area contributed by atoms with Gasteiger partial charge in [-0.15, -0.1) is 0 Å². The van der Waals surface area contributed by atoms with Crippen LogP contribution in [0.25, 0.3) is 0 Å². The van der Waals surface area contributed by atoms with Gasteiger partial charge in [-0.05, 0) is 31.6 Å². The largest absolute Gasteiger partial charge is 0.481 e. The Morgan fingerprint density at radius 3 is 2.15 bits per heavy atom. The Morgan fingerprint density at radius 2 is 1.85 bits per heavy atom. The molecule has 0 aliphatic heterocycles. The monoisotopic (exact) mass is 186 g/mol. The van der Waals surface area contributed by atoms with Gasteiger partial charge in [-0.3, -0.25) is 4.79 Å². The van der Waals surface area contributed by atoms with Crippen molar-refractivity contribution in [3.63, 3.8) is 0 Å². The van der Waals surface area contributed by atoms with E-state index in [4.69, 9.17) is 5.11 Å². The highest BCUT2D eigenvalue weighted by atomic mass is 16.4. The van der Waals surface area contributed by atoms with Gasteiger partial charge in [-0.2, -0.15) is 0 Å². The molecule has 0 heterocycles. The topological polar surface area (TPSA) is 57.5 Å². The second kappa shape index (κ2) is 3.66. The van der Waals surface area contributed by atoms with Gasteiger partial charge in [0.1, 0.15) is 0 Å². The summed E-state index contributed by atoms with van der Waals surface area (Å²) in [6, 6.07) is 0. The van der Waals surface area contributed by atoms with Crippen LogP contribution in [0.1, 0.15) is 39.5 Å². The summed E-state index contributed by atoms with van der Waals surface area (Å²) < 4.78 is 0. The van der Waals surface area contributed by atoms with Crippen LogP contribution in [0, 0.1) is 11.8 Å². The first-order chi connectivity index (χ1) is 5.96. The number of aliphatic carboxylic acids is 1. The maximum absolute atomic E-state index is 10.7. The molecule has 76 valence electrons. The third-order valence-electron chi connectivity index (χ3n) is 3.28. The third-order valence-corrected chi connectivity index (χ3v) is 3.28. The third kappa shape index (κ3) is 2.21. The Kier molecular flexibility index (Phi) is 2.96. The zero-order valence-electron chi connectivity index (χ0n) is 8.29. The van der Waals surface area contributed by atoms with Crippen molar-refractivity contribution in [3.8, 4) is 0 Å². The first-order valence-electron chi connectivity index (χ1n) is 4.91. The summed E-state index contributed by atoms with van der Waals surface area (Å²) in [5.74, 6) is -0.730. The summed E-state index contributed by atoms with van der Waals surface area (Å²) >= 11 is 0. The second-order valence-electron chi connectivity index (χ2n) is 4.37. The molecule has 1 fully saturated rings. The minimum Gasteiger partial charge on any atom is -0.481 e. The number of carboxylic acids is 1. The van der Waals surface area contributed by atoms with Crippen LogP contribution in [0.2, 0.25) is 0 Å². The van der Waals surface area contributed by atoms with E-state index in [0.717, 1.165) is 0 Å². The van der Waals surface area contributed by atoms with E-state index in [0.29, 0.717) is 25.7 Å². The molecule has 1 aliphatic carbocycles. The molecule has 0 amide bonds. The van der Waals surface area contributed by atoms with E-state index >= 15 is 0 Å². The van der Waals surface area contributed by atoms with Crippen LogP contribution >= 0.6 is 0 Å². The lowest BCUT2D eigenvalue weighted by molar-refractivity contribution is -0.145. The second-order valence-corrected chi connectivity index (χ2v) is 4.37. The van der Waals surface area contributed by atoms with E-state index < -0.39 is 11.6 Å². The Bertz CT molecular complexity index is 190. The van der Waals surface area contributed by atoms with E-state index in [1.54, 1.807) is 0 Å². The molecule has 0 radical (unpaired) electrons. The summed E-state index contributed by atoms with van der Waals surface area (Å²) in [5, 5.41) is 18.8. The van der Waals surface area contributed by atoms with Crippen LogP contribution in [-0.2, 0) is 4.79 Å². The average Bonchev–Trinajstić information content (AvgIpc) is 2.04. The van der Waals surface area contributed by atoms with Gasteiger partial charge in [0.05, 0.1) is 11.5 Å². The first kappa shape index (κ1) is 10.5. The average molecular weight is 186 g/mol. The number of carboxylic acid groups (broad SMARTS) is 1. The van der Waals surface area contributed by atoms with E-state index in [1.165, 1.54) is 0 Å². The summed E-state index contributed by atoms with van der Waals surface area (Å²) in [5.41, 5.74) is -0.619. The Labute approximate surface area is 78.8 Å². The van der Waals surface area contributed by atoms with Gasteiger partial charge in [-0.1, -0.05) is 13.8 Å². The first-order valence-corrected chi connectivity index (χ1v) is 4.91. The predicted molar refractivity (Wildman–Crippen MR) is 49.4 cm³/mol. The van der Waals surface area contributed by atoms with Crippen LogP contribution in [0.4, 0.5) is 0 Å². The zero-order chi connectivity index (χ0) is 10.1. The quantitative estimate of drug-likeness (QED) is 0.689. The van der Waals surface area contributed by atoms with Crippen molar-refractivity contribution in [1.82, 2.24) is 0 Å². The Hall–Kier alpha value is -0.570. The number of carbonyl (C=O) groups is 1. The number of hydrogen-bond donors (Lipinski definition) is 2.